The van der Waals surface area contributed by atoms with Crippen molar-refractivity contribution >= 4 is 5.91 Å². The van der Waals surface area contributed by atoms with Crippen molar-refractivity contribution in [2.24, 2.45) is 0 Å². The summed E-state index contributed by atoms with van der Waals surface area (Å²) < 4.78 is 4.91. The molecule has 1 rings (SSSR count). The smallest absolute Gasteiger partial charge is 0.236 e. The molecular formula is C14H29N3O2. The van der Waals surface area contributed by atoms with E-state index in [-0.39, 0.29) is 11.9 Å². The van der Waals surface area contributed by atoms with Crippen LogP contribution < -0.4 is 16.0 Å². The van der Waals surface area contributed by atoms with Crippen molar-refractivity contribution in [3.05, 3.63) is 0 Å². The Balaban J connectivity index is 2.18. The minimum Gasteiger partial charge on any atom is -0.383 e. The van der Waals surface area contributed by atoms with Crippen molar-refractivity contribution in [1.29, 1.82) is 0 Å². The highest BCUT2D eigenvalue weighted by Gasteiger charge is 2.19. The Kier molecular flexibility index (Phi) is 8.02. The van der Waals surface area contributed by atoms with Gasteiger partial charge in [0.2, 0.25) is 5.91 Å². The molecule has 112 valence electrons. The molecule has 0 saturated carbocycles. The Morgan fingerprint density at radius 1 is 1.42 bits per heavy atom. The number of carbonyl (C=O) groups excluding carboxylic acids is 1. The lowest BCUT2D eigenvalue weighted by atomic mass is 9.98. The van der Waals surface area contributed by atoms with Gasteiger partial charge in [-0.3, -0.25) is 4.79 Å². The summed E-state index contributed by atoms with van der Waals surface area (Å²) in [4.78, 5) is 11.8. The lowest BCUT2D eigenvalue weighted by Gasteiger charge is -2.28. The normalized spacial score (nSPS) is 22.8. The molecule has 1 heterocycles. The minimum absolute atomic E-state index is 0.0421. The fraction of sp³-hybridized carbons (Fsp3) is 0.929. The first-order valence-electron chi connectivity index (χ1n) is 7.39. The standard InChI is InChI=1S/C14H29N3O2/c1-11(10-13-6-4-5-7-15-13)17-12(2)14(18)16-8-9-19-3/h11-13,15,17H,4-10H2,1-3H3,(H,16,18). The zero-order valence-electron chi connectivity index (χ0n) is 12.5. The van der Waals surface area contributed by atoms with Gasteiger partial charge in [0, 0.05) is 25.7 Å². The van der Waals surface area contributed by atoms with E-state index in [4.69, 9.17) is 4.74 Å². The fourth-order valence-corrected chi connectivity index (χ4v) is 2.55. The summed E-state index contributed by atoms with van der Waals surface area (Å²) in [5.74, 6) is 0.0421. The Labute approximate surface area is 116 Å². The molecule has 1 aliphatic heterocycles. The number of nitrogens with one attached hydrogen (secondary N) is 3. The van der Waals surface area contributed by atoms with Gasteiger partial charge < -0.3 is 20.7 Å². The van der Waals surface area contributed by atoms with E-state index in [9.17, 15) is 4.79 Å². The molecule has 0 bridgehead atoms. The van der Waals surface area contributed by atoms with Gasteiger partial charge in [0.15, 0.2) is 0 Å². The van der Waals surface area contributed by atoms with Crippen molar-refractivity contribution in [1.82, 2.24) is 16.0 Å². The molecule has 1 fully saturated rings. The molecule has 5 nitrogen and oxygen atoms in total. The first-order chi connectivity index (χ1) is 9.13. The summed E-state index contributed by atoms with van der Waals surface area (Å²) >= 11 is 0. The molecule has 3 unspecified atom stereocenters. The predicted octanol–water partition coefficient (Wildman–Crippen LogP) is 0.648. The molecule has 0 radical (unpaired) electrons. The second kappa shape index (κ2) is 9.28. The van der Waals surface area contributed by atoms with E-state index in [0.717, 1.165) is 13.0 Å². The van der Waals surface area contributed by atoms with E-state index >= 15 is 0 Å². The second-order valence-electron chi connectivity index (χ2n) is 5.46. The van der Waals surface area contributed by atoms with E-state index < -0.39 is 0 Å². The number of methoxy groups -OCH3 is 1. The van der Waals surface area contributed by atoms with Crippen LogP contribution >= 0.6 is 0 Å². The van der Waals surface area contributed by atoms with Gasteiger partial charge in [0.05, 0.1) is 12.6 Å². The number of piperidine rings is 1. The summed E-state index contributed by atoms with van der Waals surface area (Å²) in [6, 6.07) is 0.786. The first kappa shape index (κ1) is 16.4. The number of ether oxygens (including phenoxy) is 1. The topological polar surface area (TPSA) is 62.4 Å². The number of hydrogen-bond acceptors (Lipinski definition) is 4. The zero-order chi connectivity index (χ0) is 14.1. The van der Waals surface area contributed by atoms with E-state index in [0.29, 0.717) is 25.2 Å². The van der Waals surface area contributed by atoms with Crippen molar-refractivity contribution < 1.29 is 9.53 Å². The van der Waals surface area contributed by atoms with Gasteiger partial charge in [-0.25, -0.2) is 0 Å². The molecule has 0 aromatic heterocycles. The van der Waals surface area contributed by atoms with E-state index in [1.165, 1.54) is 19.3 Å². The van der Waals surface area contributed by atoms with E-state index in [1.54, 1.807) is 7.11 Å². The maximum atomic E-state index is 11.8. The monoisotopic (exact) mass is 271 g/mol. The van der Waals surface area contributed by atoms with Gasteiger partial charge in [-0.1, -0.05) is 6.42 Å². The molecule has 0 spiro atoms. The van der Waals surface area contributed by atoms with Crippen LogP contribution in [0.5, 0.6) is 0 Å². The van der Waals surface area contributed by atoms with Crippen LogP contribution in [-0.2, 0) is 9.53 Å². The lowest BCUT2D eigenvalue weighted by Crippen LogP contribution is -2.48. The molecule has 0 aromatic carbocycles. The zero-order valence-corrected chi connectivity index (χ0v) is 12.5. The minimum atomic E-state index is -0.157. The molecule has 1 saturated heterocycles. The quantitative estimate of drug-likeness (QED) is 0.567. The Morgan fingerprint density at radius 3 is 2.84 bits per heavy atom. The van der Waals surface area contributed by atoms with Crippen molar-refractivity contribution in [3.8, 4) is 0 Å². The third-order valence-corrected chi connectivity index (χ3v) is 3.58. The summed E-state index contributed by atoms with van der Waals surface area (Å²) in [6.07, 6.45) is 4.93. The average Bonchev–Trinajstić information content (AvgIpc) is 2.39. The third-order valence-electron chi connectivity index (χ3n) is 3.58. The molecule has 19 heavy (non-hydrogen) atoms. The molecule has 0 aliphatic carbocycles. The van der Waals surface area contributed by atoms with Gasteiger partial charge >= 0.3 is 0 Å². The molecule has 5 heteroatoms. The van der Waals surface area contributed by atoms with Gasteiger partial charge in [0.25, 0.3) is 0 Å². The van der Waals surface area contributed by atoms with Gasteiger partial charge in [0.1, 0.15) is 0 Å². The van der Waals surface area contributed by atoms with E-state index in [1.807, 2.05) is 6.92 Å². The van der Waals surface area contributed by atoms with Gasteiger partial charge in [-0.15, -0.1) is 0 Å². The van der Waals surface area contributed by atoms with Crippen molar-refractivity contribution in [3.63, 3.8) is 0 Å². The van der Waals surface area contributed by atoms with Crippen LogP contribution in [0.2, 0.25) is 0 Å². The van der Waals surface area contributed by atoms with Crippen LogP contribution in [0, 0.1) is 0 Å². The van der Waals surface area contributed by atoms with Crippen LogP contribution in [-0.4, -0.2) is 50.8 Å². The Bertz CT molecular complexity index is 255. The highest BCUT2D eigenvalue weighted by molar-refractivity contribution is 5.81. The van der Waals surface area contributed by atoms with Crippen molar-refractivity contribution in [2.75, 3.05) is 26.8 Å². The number of rotatable bonds is 8. The molecule has 0 aromatic rings. The van der Waals surface area contributed by atoms with Crippen molar-refractivity contribution in [2.45, 2.75) is 57.7 Å². The molecular weight excluding hydrogens is 242 g/mol. The van der Waals surface area contributed by atoms with Gasteiger partial charge in [-0.2, -0.15) is 0 Å². The molecule has 3 N–H and O–H groups in total. The largest absolute Gasteiger partial charge is 0.383 e. The van der Waals surface area contributed by atoms with Crippen LogP contribution in [0.25, 0.3) is 0 Å². The highest BCUT2D eigenvalue weighted by atomic mass is 16.5. The molecule has 1 amide bonds. The third kappa shape index (κ3) is 6.89. The maximum absolute atomic E-state index is 11.8. The first-order valence-corrected chi connectivity index (χ1v) is 7.39. The average molecular weight is 271 g/mol. The van der Waals surface area contributed by atoms with Crippen LogP contribution in [0.4, 0.5) is 0 Å². The summed E-state index contributed by atoms with van der Waals surface area (Å²) in [7, 11) is 1.63. The molecule has 3 atom stereocenters. The maximum Gasteiger partial charge on any atom is 0.236 e. The number of amides is 1. The lowest BCUT2D eigenvalue weighted by molar-refractivity contribution is -0.123. The van der Waals surface area contributed by atoms with Crippen LogP contribution in [0.3, 0.4) is 0 Å². The summed E-state index contributed by atoms with van der Waals surface area (Å²) in [6.45, 7) is 6.31. The van der Waals surface area contributed by atoms with Crippen LogP contribution in [0.15, 0.2) is 0 Å². The fourth-order valence-electron chi connectivity index (χ4n) is 2.55. The Morgan fingerprint density at radius 2 is 2.21 bits per heavy atom. The predicted molar refractivity (Wildman–Crippen MR) is 77.2 cm³/mol. The van der Waals surface area contributed by atoms with Gasteiger partial charge in [-0.05, 0) is 39.7 Å². The highest BCUT2D eigenvalue weighted by Crippen LogP contribution is 2.12. The number of carbonyl (C=O) groups is 1. The number of hydrogen-bond donors (Lipinski definition) is 3. The second-order valence-corrected chi connectivity index (χ2v) is 5.46. The molecule has 1 aliphatic rings. The Hall–Kier alpha value is -0.650. The SMILES string of the molecule is COCCNC(=O)C(C)NC(C)CC1CCCCN1. The van der Waals surface area contributed by atoms with Crippen LogP contribution in [0.1, 0.15) is 39.5 Å². The van der Waals surface area contributed by atoms with E-state index in [2.05, 4.69) is 22.9 Å². The summed E-state index contributed by atoms with van der Waals surface area (Å²) in [5, 5.41) is 9.75. The summed E-state index contributed by atoms with van der Waals surface area (Å²) in [5.41, 5.74) is 0.